The van der Waals surface area contributed by atoms with Crippen LogP contribution in [0.3, 0.4) is 0 Å². The number of amides is 1. The van der Waals surface area contributed by atoms with Crippen LogP contribution in [0, 0.1) is 0 Å². The molecule has 2 aromatic rings. The van der Waals surface area contributed by atoms with Crippen molar-refractivity contribution in [3.63, 3.8) is 0 Å². The van der Waals surface area contributed by atoms with Gasteiger partial charge in [0, 0.05) is 37.5 Å². The van der Waals surface area contributed by atoms with Crippen LogP contribution in [0.4, 0.5) is 0 Å². The van der Waals surface area contributed by atoms with Gasteiger partial charge >= 0.3 is 0 Å². The van der Waals surface area contributed by atoms with E-state index in [-0.39, 0.29) is 23.3 Å². The van der Waals surface area contributed by atoms with Crippen molar-refractivity contribution in [3.05, 3.63) is 64.5 Å². The van der Waals surface area contributed by atoms with Crippen LogP contribution in [0.5, 0.6) is 11.5 Å². The molecule has 5 nitrogen and oxygen atoms in total. The molecular formula is C26H34N2O3. The summed E-state index contributed by atoms with van der Waals surface area (Å²) in [7, 11) is 1.74. The first-order valence-electron chi connectivity index (χ1n) is 11.3. The largest absolute Gasteiger partial charge is 0.507 e. The van der Waals surface area contributed by atoms with Crippen molar-refractivity contribution in [3.8, 4) is 11.5 Å². The van der Waals surface area contributed by atoms with Crippen molar-refractivity contribution in [2.24, 2.45) is 0 Å². The van der Waals surface area contributed by atoms with Gasteiger partial charge < -0.3 is 15.1 Å². The maximum absolute atomic E-state index is 13.5. The highest BCUT2D eigenvalue weighted by atomic mass is 16.3. The third-order valence-corrected chi connectivity index (χ3v) is 6.10. The molecule has 31 heavy (non-hydrogen) atoms. The van der Waals surface area contributed by atoms with Gasteiger partial charge in [0.1, 0.15) is 11.5 Å². The Labute approximate surface area is 185 Å². The Morgan fingerprint density at radius 2 is 2.10 bits per heavy atom. The van der Waals surface area contributed by atoms with Gasteiger partial charge in [0.2, 0.25) is 0 Å². The van der Waals surface area contributed by atoms with Gasteiger partial charge in [0.25, 0.3) is 5.91 Å². The van der Waals surface area contributed by atoms with E-state index in [0.717, 1.165) is 44.1 Å². The van der Waals surface area contributed by atoms with Crippen LogP contribution in [0.15, 0.2) is 42.2 Å². The lowest BCUT2D eigenvalue weighted by molar-refractivity contribution is 0.0780. The zero-order chi connectivity index (χ0) is 22.4. The van der Waals surface area contributed by atoms with Crippen molar-refractivity contribution in [2.75, 3.05) is 7.05 Å². The summed E-state index contributed by atoms with van der Waals surface area (Å²) in [6, 6.07) is 5.47. The number of aromatic nitrogens is 1. The molecule has 3 rings (SSSR count). The van der Waals surface area contributed by atoms with E-state index in [9.17, 15) is 15.0 Å². The van der Waals surface area contributed by atoms with Gasteiger partial charge in [-0.05, 0) is 62.3 Å². The predicted octanol–water partition coefficient (Wildman–Crippen LogP) is 5.71. The minimum Gasteiger partial charge on any atom is -0.507 e. The quantitative estimate of drug-likeness (QED) is 0.422. The Morgan fingerprint density at radius 3 is 2.77 bits per heavy atom. The molecule has 2 N–H and O–H groups in total. The highest BCUT2D eigenvalue weighted by Crippen LogP contribution is 2.44. The van der Waals surface area contributed by atoms with Crippen molar-refractivity contribution >= 4 is 5.91 Å². The molecule has 5 heteroatoms. The summed E-state index contributed by atoms with van der Waals surface area (Å²) in [5.74, 6) is -0.281. The molecule has 1 aliphatic rings. The van der Waals surface area contributed by atoms with E-state index >= 15 is 0 Å². The smallest absolute Gasteiger partial charge is 0.257 e. The van der Waals surface area contributed by atoms with Gasteiger partial charge in [0.05, 0.1) is 5.56 Å². The molecule has 1 amide bonds. The number of allylic oxidation sites excluding steroid dienone is 2. The number of pyridine rings is 1. The Hall–Kier alpha value is -2.82. The maximum atomic E-state index is 13.5. The molecule has 1 heterocycles. The number of aromatic hydroxyl groups is 2. The molecule has 0 spiro atoms. The van der Waals surface area contributed by atoms with Crippen LogP contribution in [0.25, 0.3) is 0 Å². The first kappa shape index (κ1) is 22.9. The van der Waals surface area contributed by atoms with E-state index in [1.54, 1.807) is 30.4 Å². The Morgan fingerprint density at radius 1 is 1.29 bits per heavy atom. The topological polar surface area (TPSA) is 73.7 Å². The Kier molecular flexibility index (Phi) is 7.72. The number of benzene rings is 1. The standard InChI is InChI=1S/C26H34N2O3/c1-4-5-6-11-21-15-22(29)23(20-12-7-9-18(2)14-20)25(30)24(21)26(31)28(3)17-19-10-8-13-27-16-19/h8,10,13-16,20,29-30H,4-7,9,11-12,17H2,1-3H3. The average Bonchev–Trinajstić information content (AvgIpc) is 2.74. The number of carbonyl (C=O) groups is 1. The maximum Gasteiger partial charge on any atom is 0.257 e. The zero-order valence-electron chi connectivity index (χ0n) is 18.9. The normalized spacial score (nSPS) is 16.1. The van der Waals surface area contributed by atoms with Crippen LogP contribution >= 0.6 is 0 Å². The summed E-state index contributed by atoms with van der Waals surface area (Å²) >= 11 is 0. The van der Waals surface area contributed by atoms with Crippen LogP contribution in [-0.4, -0.2) is 33.1 Å². The molecule has 0 fully saturated rings. The fourth-order valence-electron chi connectivity index (χ4n) is 4.46. The molecule has 0 radical (unpaired) electrons. The van der Waals surface area contributed by atoms with Crippen molar-refractivity contribution in [1.82, 2.24) is 9.88 Å². The van der Waals surface area contributed by atoms with Crippen LogP contribution in [0.1, 0.15) is 85.3 Å². The van der Waals surface area contributed by atoms with Crippen molar-refractivity contribution < 1.29 is 15.0 Å². The second-order valence-electron chi connectivity index (χ2n) is 8.68. The number of aryl methyl sites for hydroxylation is 1. The first-order valence-corrected chi connectivity index (χ1v) is 11.3. The third kappa shape index (κ3) is 5.46. The fraction of sp³-hybridized carbons (Fsp3) is 0.462. The van der Waals surface area contributed by atoms with Crippen molar-refractivity contribution in [1.29, 1.82) is 0 Å². The molecule has 0 bridgehead atoms. The number of hydrogen-bond acceptors (Lipinski definition) is 4. The third-order valence-electron chi connectivity index (χ3n) is 6.10. The summed E-state index contributed by atoms with van der Waals surface area (Å²) < 4.78 is 0. The second-order valence-corrected chi connectivity index (χ2v) is 8.68. The number of nitrogens with zero attached hydrogens (tertiary/aromatic N) is 2. The molecule has 0 saturated carbocycles. The Balaban J connectivity index is 2.00. The highest BCUT2D eigenvalue weighted by molar-refractivity contribution is 5.99. The van der Waals surface area contributed by atoms with E-state index in [1.165, 1.54) is 5.57 Å². The van der Waals surface area contributed by atoms with Crippen LogP contribution in [-0.2, 0) is 13.0 Å². The van der Waals surface area contributed by atoms with Crippen molar-refractivity contribution in [2.45, 2.75) is 71.3 Å². The second kappa shape index (κ2) is 10.5. The molecular weight excluding hydrogens is 388 g/mol. The van der Waals surface area contributed by atoms with Crippen LogP contribution in [0.2, 0.25) is 0 Å². The number of unbranched alkanes of at least 4 members (excludes halogenated alkanes) is 2. The lowest BCUT2D eigenvalue weighted by Gasteiger charge is -2.26. The monoisotopic (exact) mass is 422 g/mol. The number of phenols is 2. The fourth-order valence-corrected chi connectivity index (χ4v) is 4.46. The van der Waals surface area contributed by atoms with Gasteiger partial charge in [-0.25, -0.2) is 0 Å². The molecule has 1 aliphatic carbocycles. The summed E-state index contributed by atoms with van der Waals surface area (Å²) in [5.41, 5.74) is 3.70. The summed E-state index contributed by atoms with van der Waals surface area (Å²) in [4.78, 5) is 19.2. The molecule has 1 unspecified atom stereocenters. The van der Waals surface area contributed by atoms with Gasteiger partial charge in [0.15, 0.2) is 0 Å². The lowest BCUT2D eigenvalue weighted by Crippen LogP contribution is -2.27. The molecule has 1 aromatic heterocycles. The van der Waals surface area contributed by atoms with Gasteiger partial charge in [-0.1, -0.05) is 37.5 Å². The first-order chi connectivity index (χ1) is 14.9. The van der Waals surface area contributed by atoms with Gasteiger partial charge in [-0.3, -0.25) is 9.78 Å². The number of hydrogen-bond donors (Lipinski definition) is 2. The lowest BCUT2D eigenvalue weighted by atomic mass is 9.83. The number of phenolic OH excluding ortho intramolecular Hbond substituents is 2. The zero-order valence-corrected chi connectivity index (χ0v) is 18.9. The average molecular weight is 423 g/mol. The Bertz CT molecular complexity index is 937. The predicted molar refractivity (Wildman–Crippen MR) is 123 cm³/mol. The molecule has 1 atom stereocenters. The molecule has 0 saturated heterocycles. The highest BCUT2D eigenvalue weighted by Gasteiger charge is 2.29. The van der Waals surface area contributed by atoms with E-state index in [0.29, 0.717) is 29.7 Å². The minimum absolute atomic E-state index is 0.0644. The van der Waals surface area contributed by atoms with E-state index in [4.69, 9.17) is 0 Å². The SMILES string of the molecule is CCCCCc1cc(O)c(C2C=C(C)CCC2)c(O)c1C(=O)N(C)Cc1cccnc1. The summed E-state index contributed by atoms with van der Waals surface area (Å²) in [6.45, 7) is 4.61. The van der Waals surface area contributed by atoms with Gasteiger partial charge in [-0.15, -0.1) is 0 Å². The summed E-state index contributed by atoms with van der Waals surface area (Å²) in [5, 5.41) is 22.1. The minimum atomic E-state index is -0.231. The number of rotatable bonds is 8. The molecule has 1 aromatic carbocycles. The van der Waals surface area contributed by atoms with E-state index in [2.05, 4.69) is 24.9 Å². The van der Waals surface area contributed by atoms with E-state index in [1.807, 2.05) is 12.1 Å². The van der Waals surface area contributed by atoms with Gasteiger partial charge in [-0.2, -0.15) is 0 Å². The number of carbonyl (C=O) groups excluding carboxylic acids is 1. The van der Waals surface area contributed by atoms with Crippen LogP contribution < -0.4 is 0 Å². The molecule has 166 valence electrons. The summed E-state index contributed by atoms with van der Waals surface area (Å²) in [6.07, 6.45) is 12.1. The molecule has 0 aliphatic heterocycles. The van der Waals surface area contributed by atoms with E-state index < -0.39 is 0 Å².